The molecule has 120 valence electrons. The molecule has 0 heterocycles. The van der Waals surface area contributed by atoms with Gasteiger partial charge in [-0.1, -0.05) is 30.7 Å². The van der Waals surface area contributed by atoms with Gasteiger partial charge in [-0.15, -0.1) is 0 Å². The normalized spacial score (nSPS) is 17.8. The van der Waals surface area contributed by atoms with Gasteiger partial charge < -0.3 is 15.3 Å². The zero-order valence-electron chi connectivity index (χ0n) is 13.4. The molecule has 0 aromatic carbocycles. The Hall–Kier alpha value is -1.39. The third kappa shape index (κ3) is 10.0. The zero-order valence-corrected chi connectivity index (χ0v) is 13.4. The van der Waals surface area contributed by atoms with E-state index in [-0.39, 0.29) is 12.0 Å². The van der Waals surface area contributed by atoms with E-state index < -0.39 is 12.1 Å². The molecule has 0 saturated heterocycles. The molecular formula is C17H28O4. The first-order valence-electron chi connectivity index (χ1n) is 7.34. The minimum Gasteiger partial charge on any atom is -0.478 e. The van der Waals surface area contributed by atoms with Crippen molar-refractivity contribution in [2.24, 2.45) is 5.92 Å². The average molecular weight is 296 g/mol. The summed E-state index contributed by atoms with van der Waals surface area (Å²) >= 11 is 0. The Morgan fingerprint density at radius 2 is 1.71 bits per heavy atom. The third-order valence-corrected chi connectivity index (χ3v) is 3.59. The van der Waals surface area contributed by atoms with Gasteiger partial charge in [-0.25, -0.2) is 4.79 Å². The van der Waals surface area contributed by atoms with Crippen LogP contribution < -0.4 is 0 Å². The molecule has 4 nitrogen and oxygen atoms in total. The predicted octanol–water partition coefficient (Wildman–Crippen LogP) is 3.07. The summed E-state index contributed by atoms with van der Waals surface area (Å²) in [5.41, 5.74) is 1.71. The lowest BCUT2D eigenvalue weighted by Crippen LogP contribution is -2.12. The summed E-state index contributed by atoms with van der Waals surface area (Å²) in [6.07, 6.45) is 7.73. The van der Waals surface area contributed by atoms with Crippen molar-refractivity contribution in [2.45, 2.75) is 59.2 Å². The van der Waals surface area contributed by atoms with Gasteiger partial charge in [0.05, 0.1) is 12.2 Å². The van der Waals surface area contributed by atoms with Gasteiger partial charge >= 0.3 is 5.97 Å². The second-order valence-electron chi connectivity index (χ2n) is 5.61. The lowest BCUT2D eigenvalue weighted by atomic mass is 9.98. The third-order valence-electron chi connectivity index (χ3n) is 3.59. The zero-order chi connectivity index (χ0) is 16.4. The van der Waals surface area contributed by atoms with Gasteiger partial charge in [-0.3, -0.25) is 0 Å². The van der Waals surface area contributed by atoms with Crippen molar-refractivity contribution in [3.05, 3.63) is 35.5 Å². The van der Waals surface area contributed by atoms with E-state index in [1.54, 1.807) is 13.8 Å². The van der Waals surface area contributed by atoms with Crippen LogP contribution in [0.4, 0.5) is 0 Å². The number of rotatable bonds is 9. The number of hydrogen-bond donors (Lipinski definition) is 3. The highest BCUT2D eigenvalue weighted by molar-refractivity contribution is 5.80. The highest BCUT2D eigenvalue weighted by atomic mass is 16.4. The SMILES string of the molecule is CC(/C=C/C(=O)O)=C\C[C@H](O)/C(C)=C/CC[C@@H](C)[C@H](C)O. The number of carboxylic acids is 1. The number of aliphatic hydroxyl groups is 2. The fraction of sp³-hybridized carbons (Fsp3) is 0.588. The summed E-state index contributed by atoms with van der Waals surface area (Å²) in [5, 5.41) is 27.9. The van der Waals surface area contributed by atoms with Crippen molar-refractivity contribution in [1.82, 2.24) is 0 Å². The van der Waals surface area contributed by atoms with Crippen LogP contribution in [0, 0.1) is 5.92 Å². The summed E-state index contributed by atoms with van der Waals surface area (Å²) < 4.78 is 0. The van der Waals surface area contributed by atoms with Gasteiger partial charge in [0.25, 0.3) is 0 Å². The standard InChI is InChI=1S/C17H28O4/c1-12(9-11-17(20)21)8-10-16(19)14(3)7-5-6-13(2)15(4)18/h7-9,11,13,15-16,18-19H,5-6,10H2,1-4H3,(H,20,21)/b11-9+,12-8+,14-7+/t13-,15+,16+/m1/s1. The quantitative estimate of drug-likeness (QED) is 0.347. The van der Waals surface area contributed by atoms with Gasteiger partial charge in [0.15, 0.2) is 0 Å². The predicted molar refractivity (Wildman–Crippen MR) is 85.0 cm³/mol. The van der Waals surface area contributed by atoms with E-state index in [9.17, 15) is 15.0 Å². The molecule has 0 rings (SSSR count). The van der Waals surface area contributed by atoms with Crippen LogP contribution in [-0.4, -0.2) is 33.5 Å². The Bertz CT molecular complexity index is 405. The number of aliphatic hydroxyl groups excluding tert-OH is 2. The van der Waals surface area contributed by atoms with Crippen LogP contribution >= 0.6 is 0 Å². The molecule has 0 spiro atoms. The Kier molecular flexibility index (Phi) is 9.67. The summed E-state index contributed by atoms with van der Waals surface area (Å²) in [5.74, 6) is -0.735. The highest BCUT2D eigenvalue weighted by Crippen LogP contribution is 2.14. The number of carboxylic acid groups (broad SMARTS) is 1. The number of aliphatic carboxylic acids is 1. The van der Waals surface area contributed by atoms with Gasteiger partial charge in [0, 0.05) is 6.08 Å². The molecule has 0 fully saturated rings. The lowest BCUT2D eigenvalue weighted by molar-refractivity contribution is -0.131. The van der Waals surface area contributed by atoms with Crippen molar-refractivity contribution in [3.63, 3.8) is 0 Å². The van der Waals surface area contributed by atoms with Crippen LogP contribution in [-0.2, 0) is 4.79 Å². The van der Waals surface area contributed by atoms with Crippen molar-refractivity contribution in [1.29, 1.82) is 0 Å². The Labute approximate surface area is 127 Å². The van der Waals surface area contributed by atoms with Crippen molar-refractivity contribution in [3.8, 4) is 0 Å². The second-order valence-corrected chi connectivity index (χ2v) is 5.61. The molecule has 0 aliphatic rings. The van der Waals surface area contributed by atoms with Crippen molar-refractivity contribution in [2.75, 3.05) is 0 Å². The van der Waals surface area contributed by atoms with E-state index in [1.807, 2.05) is 26.0 Å². The molecule has 0 radical (unpaired) electrons. The van der Waals surface area contributed by atoms with Crippen LogP contribution in [0.1, 0.15) is 47.0 Å². The Morgan fingerprint density at radius 3 is 2.24 bits per heavy atom. The van der Waals surface area contributed by atoms with Crippen LogP contribution in [0.15, 0.2) is 35.5 Å². The van der Waals surface area contributed by atoms with Gasteiger partial charge in [-0.05, 0) is 51.5 Å². The molecule has 0 aromatic rings. The molecule has 0 aliphatic heterocycles. The first-order chi connectivity index (χ1) is 9.73. The number of carbonyl (C=O) groups is 1. The molecule has 0 bridgehead atoms. The number of allylic oxidation sites excluding steroid dienone is 3. The molecule has 4 heteroatoms. The highest BCUT2D eigenvalue weighted by Gasteiger charge is 2.08. The lowest BCUT2D eigenvalue weighted by Gasteiger charge is -2.14. The van der Waals surface area contributed by atoms with E-state index in [1.165, 1.54) is 6.08 Å². The van der Waals surface area contributed by atoms with Crippen molar-refractivity contribution >= 4 is 5.97 Å². The molecule has 0 saturated carbocycles. The summed E-state index contributed by atoms with van der Waals surface area (Å²) in [6, 6.07) is 0. The molecule has 0 aliphatic carbocycles. The van der Waals surface area contributed by atoms with E-state index in [4.69, 9.17) is 5.11 Å². The minimum absolute atomic E-state index is 0.245. The Balaban J connectivity index is 4.29. The molecule has 3 atom stereocenters. The number of hydrogen-bond acceptors (Lipinski definition) is 3. The smallest absolute Gasteiger partial charge is 0.328 e. The van der Waals surface area contributed by atoms with E-state index >= 15 is 0 Å². The minimum atomic E-state index is -0.980. The molecule has 0 unspecified atom stereocenters. The fourth-order valence-electron chi connectivity index (χ4n) is 1.71. The summed E-state index contributed by atoms with van der Waals surface area (Å²) in [7, 11) is 0. The van der Waals surface area contributed by atoms with E-state index in [0.717, 1.165) is 30.1 Å². The molecule has 3 N–H and O–H groups in total. The largest absolute Gasteiger partial charge is 0.478 e. The monoisotopic (exact) mass is 296 g/mol. The summed E-state index contributed by atoms with van der Waals surface area (Å²) in [4.78, 5) is 10.4. The first-order valence-corrected chi connectivity index (χ1v) is 7.34. The van der Waals surface area contributed by atoms with Crippen LogP contribution in [0.3, 0.4) is 0 Å². The molecular weight excluding hydrogens is 268 g/mol. The molecule has 0 aromatic heterocycles. The maximum absolute atomic E-state index is 10.4. The van der Waals surface area contributed by atoms with Crippen LogP contribution in [0.2, 0.25) is 0 Å². The van der Waals surface area contributed by atoms with Crippen molar-refractivity contribution < 1.29 is 20.1 Å². The van der Waals surface area contributed by atoms with E-state index in [0.29, 0.717) is 6.42 Å². The topological polar surface area (TPSA) is 77.8 Å². The van der Waals surface area contributed by atoms with Crippen LogP contribution in [0.25, 0.3) is 0 Å². The van der Waals surface area contributed by atoms with Gasteiger partial charge in [-0.2, -0.15) is 0 Å². The maximum atomic E-state index is 10.4. The molecule has 21 heavy (non-hydrogen) atoms. The van der Waals surface area contributed by atoms with Crippen LogP contribution in [0.5, 0.6) is 0 Å². The molecule has 0 amide bonds. The van der Waals surface area contributed by atoms with Gasteiger partial charge in [0.2, 0.25) is 0 Å². The van der Waals surface area contributed by atoms with Gasteiger partial charge in [0.1, 0.15) is 0 Å². The summed E-state index contributed by atoms with van der Waals surface area (Å²) in [6.45, 7) is 7.48. The second kappa shape index (κ2) is 10.4. The first kappa shape index (κ1) is 19.6. The fourth-order valence-corrected chi connectivity index (χ4v) is 1.71. The average Bonchev–Trinajstić information content (AvgIpc) is 2.41. The van der Waals surface area contributed by atoms with E-state index in [2.05, 4.69) is 0 Å². The Morgan fingerprint density at radius 1 is 1.10 bits per heavy atom. The maximum Gasteiger partial charge on any atom is 0.328 e.